The van der Waals surface area contributed by atoms with E-state index in [0.717, 1.165) is 0 Å². The third kappa shape index (κ3) is 5.07. The van der Waals surface area contributed by atoms with Gasteiger partial charge in [-0.15, -0.1) is 0 Å². The van der Waals surface area contributed by atoms with Crippen LogP contribution < -0.4 is 0 Å². The Bertz CT molecular complexity index is 388. The lowest BCUT2D eigenvalue weighted by atomic mass is 9.71. The Labute approximate surface area is 108 Å². The zero-order valence-corrected chi connectivity index (χ0v) is 11.2. The Kier molecular flexibility index (Phi) is 6.62. The number of halogens is 1. The fourth-order valence-electron chi connectivity index (χ4n) is 1.24. The highest BCUT2D eigenvalue weighted by atomic mass is 35.5. The molecule has 0 aliphatic rings. The van der Waals surface area contributed by atoms with Crippen molar-refractivity contribution in [2.45, 2.75) is 13.8 Å². The lowest BCUT2D eigenvalue weighted by molar-refractivity contribution is -0.122. The second kappa shape index (κ2) is 7.15. The van der Waals surface area contributed by atoms with Gasteiger partial charge in [-0.3, -0.25) is 4.79 Å². The van der Waals surface area contributed by atoms with E-state index in [2.05, 4.69) is 13.2 Å². The van der Waals surface area contributed by atoms with Crippen molar-refractivity contribution in [3.8, 4) is 0 Å². The van der Waals surface area contributed by atoms with E-state index < -0.39 is 7.05 Å². The molecule has 0 bridgehead atoms. The van der Waals surface area contributed by atoms with Gasteiger partial charge in [-0.05, 0) is 32.4 Å². The molecule has 0 aliphatic carbocycles. The van der Waals surface area contributed by atoms with Crippen molar-refractivity contribution in [1.82, 2.24) is 4.81 Å². The average molecular weight is 254 g/mol. The molecule has 1 amide bonds. The van der Waals surface area contributed by atoms with E-state index in [4.69, 9.17) is 11.6 Å². The zero-order valence-electron chi connectivity index (χ0n) is 10.4. The summed E-state index contributed by atoms with van der Waals surface area (Å²) in [5.74, 6) is -0.344. The minimum atomic E-state index is -1.04. The second-order valence-corrected chi connectivity index (χ2v) is 4.14. The molecule has 0 saturated heterocycles. The van der Waals surface area contributed by atoms with Crippen molar-refractivity contribution >= 4 is 24.6 Å². The summed E-state index contributed by atoms with van der Waals surface area (Å²) in [6, 6.07) is 0. The van der Waals surface area contributed by atoms with Crippen molar-refractivity contribution in [2.24, 2.45) is 0 Å². The maximum atomic E-state index is 11.8. The number of carbonyl (C=O) groups is 1. The second-order valence-electron chi connectivity index (χ2n) is 3.65. The molecule has 0 spiro atoms. The van der Waals surface area contributed by atoms with Gasteiger partial charge in [0.25, 0.3) is 0 Å². The van der Waals surface area contributed by atoms with E-state index in [1.165, 1.54) is 17.9 Å². The van der Waals surface area contributed by atoms with Gasteiger partial charge < -0.3 is 9.83 Å². The first-order chi connectivity index (χ1) is 7.81. The van der Waals surface area contributed by atoms with Crippen LogP contribution in [-0.4, -0.2) is 29.8 Å². The highest BCUT2D eigenvalue weighted by molar-refractivity contribution is 6.59. The first-order valence-electron chi connectivity index (χ1n) is 5.10. The molecular formula is C12H17BClNO2. The van der Waals surface area contributed by atoms with E-state index in [1.807, 2.05) is 0 Å². The number of amides is 1. The molecule has 0 heterocycles. The number of nitrogens with zero attached hydrogens (tertiary/aromatic N) is 1. The Morgan fingerprint density at radius 2 is 2.00 bits per heavy atom. The third-order valence-corrected chi connectivity index (χ3v) is 2.23. The molecule has 3 nitrogen and oxygen atoms in total. The van der Waals surface area contributed by atoms with Crippen LogP contribution in [0.1, 0.15) is 13.8 Å². The number of carbonyl (C=O) groups excluding carboxylic acids is 1. The van der Waals surface area contributed by atoms with Crippen LogP contribution in [0.5, 0.6) is 0 Å². The molecule has 0 unspecified atom stereocenters. The van der Waals surface area contributed by atoms with Crippen molar-refractivity contribution in [1.29, 1.82) is 0 Å². The lowest BCUT2D eigenvalue weighted by Gasteiger charge is -2.21. The molecule has 0 aromatic rings. The molecule has 0 rings (SSSR count). The molecule has 0 atom stereocenters. The number of likely N-dealkylation sites (N-methyl/N-ethyl adjacent to an activating group) is 1. The van der Waals surface area contributed by atoms with Crippen LogP contribution in [0, 0.1) is 0 Å². The maximum absolute atomic E-state index is 11.8. The van der Waals surface area contributed by atoms with Gasteiger partial charge >= 0.3 is 7.05 Å². The summed E-state index contributed by atoms with van der Waals surface area (Å²) in [4.78, 5) is 13.0. The van der Waals surface area contributed by atoms with Crippen LogP contribution in [0.4, 0.5) is 0 Å². The Hall–Kier alpha value is -1.26. The topological polar surface area (TPSA) is 40.5 Å². The monoisotopic (exact) mass is 253 g/mol. The fourth-order valence-corrected chi connectivity index (χ4v) is 1.41. The summed E-state index contributed by atoms with van der Waals surface area (Å²) < 4.78 is 0. The van der Waals surface area contributed by atoms with Crippen LogP contribution in [0.15, 0.2) is 47.5 Å². The van der Waals surface area contributed by atoms with Crippen LogP contribution in [0.25, 0.3) is 0 Å². The Morgan fingerprint density at radius 1 is 1.47 bits per heavy atom. The predicted octanol–water partition coefficient (Wildman–Crippen LogP) is 2.30. The first-order valence-corrected chi connectivity index (χ1v) is 5.48. The highest BCUT2D eigenvalue weighted by Crippen LogP contribution is 2.10. The first kappa shape index (κ1) is 15.7. The third-order valence-electron chi connectivity index (χ3n) is 2.12. The number of rotatable bonds is 5. The summed E-state index contributed by atoms with van der Waals surface area (Å²) in [7, 11) is 0.454. The molecular weight excluding hydrogens is 236 g/mol. The molecule has 1 N–H and O–H groups in total. The van der Waals surface area contributed by atoms with Crippen molar-refractivity contribution in [3.05, 3.63) is 47.5 Å². The van der Waals surface area contributed by atoms with Crippen LogP contribution >= 0.6 is 11.6 Å². The summed E-state index contributed by atoms with van der Waals surface area (Å²) >= 11 is 5.60. The smallest absolute Gasteiger partial charge is 0.429 e. The molecule has 92 valence electrons. The van der Waals surface area contributed by atoms with Gasteiger partial charge in [-0.25, -0.2) is 0 Å². The SMILES string of the molecule is C=C(Cl)/C=C(\C)B(O)N(C)C(=O)C(=C)/C=C\C. The van der Waals surface area contributed by atoms with Gasteiger partial charge in [-0.2, -0.15) is 0 Å². The average Bonchev–Trinajstić information content (AvgIpc) is 2.25. The van der Waals surface area contributed by atoms with Gasteiger partial charge in [0.15, 0.2) is 0 Å². The summed E-state index contributed by atoms with van der Waals surface area (Å²) in [6.07, 6.45) is 4.81. The van der Waals surface area contributed by atoms with E-state index in [9.17, 15) is 9.82 Å². The van der Waals surface area contributed by atoms with E-state index in [1.54, 1.807) is 26.0 Å². The minimum Gasteiger partial charge on any atom is -0.429 e. The largest absolute Gasteiger partial charge is 0.447 e. The number of allylic oxidation sites excluding steroid dienone is 4. The molecule has 0 aromatic heterocycles. The molecule has 0 fully saturated rings. The van der Waals surface area contributed by atoms with E-state index >= 15 is 0 Å². The van der Waals surface area contributed by atoms with Crippen LogP contribution in [0.2, 0.25) is 0 Å². The van der Waals surface area contributed by atoms with Gasteiger partial charge in [0, 0.05) is 10.6 Å². The van der Waals surface area contributed by atoms with Gasteiger partial charge in [0.05, 0.1) is 0 Å². The summed E-state index contributed by atoms with van der Waals surface area (Å²) in [5, 5.41) is 10.2. The molecule has 0 aromatic carbocycles. The molecule has 0 aliphatic heterocycles. The van der Waals surface area contributed by atoms with Crippen molar-refractivity contribution in [3.63, 3.8) is 0 Å². The zero-order chi connectivity index (χ0) is 13.6. The molecule has 0 saturated carbocycles. The van der Waals surface area contributed by atoms with E-state index in [0.29, 0.717) is 16.1 Å². The van der Waals surface area contributed by atoms with E-state index in [-0.39, 0.29) is 5.91 Å². The van der Waals surface area contributed by atoms with Gasteiger partial charge in [0.1, 0.15) is 0 Å². The van der Waals surface area contributed by atoms with Crippen molar-refractivity contribution in [2.75, 3.05) is 7.05 Å². The van der Waals surface area contributed by atoms with Crippen LogP contribution in [-0.2, 0) is 4.79 Å². The fraction of sp³-hybridized carbons (Fsp3) is 0.250. The van der Waals surface area contributed by atoms with Gasteiger partial charge in [0.2, 0.25) is 5.91 Å². The quantitative estimate of drug-likeness (QED) is 0.464. The summed E-state index contributed by atoms with van der Waals surface area (Å²) in [5.41, 5.74) is 0.848. The highest BCUT2D eigenvalue weighted by Gasteiger charge is 2.25. The normalized spacial score (nSPS) is 11.5. The molecule has 0 radical (unpaired) electrons. The van der Waals surface area contributed by atoms with Crippen LogP contribution in [0.3, 0.4) is 0 Å². The minimum absolute atomic E-state index is 0.301. The maximum Gasteiger partial charge on any atom is 0.447 e. The Balaban J connectivity index is 4.82. The predicted molar refractivity (Wildman–Crippen MR) is 73.4 cm³/mol. The summed E-state index contributed by atoms with van der Waals surface area (Å²) in [6.45, 7) is 10.6. The lowest BCUT2D eigenvalue weighted by Crippen LogP contribution is -2.42. The molecule has 5 heteroatoms. The number of hydrogen-bond acceptors (Lipinski definition) is 2. The van der Waals surface area contributed by atoms with Gasteiger partial charge in [-0.1, -0.05) is 36.9 Å². The van der Waals surface area contributed by atoms with Crippen molar-refractivity contribution < 1.29 is 9.82 Å². The standard InChI is InChI=1S/C12H17BClNO2/c1-6-7-9(2)12(16)15(5)13(17)10(3)8-11(4)14/h6-8,17H,2,4H2,1,3,5H3/b7-6-,10-8+. The number of hydrogen-bond donors (Lipinski definition) is 1. The Morgan fingerprint density at radius 3 is 2.41 bits per heavy atom. The molecule has 17 heavy (non-hydrogen) atoms.